The maximum atomic E-state index is 13.5. The predicted octanol–water partition coefficient (Wildman–Crippen LogP) is 2.49. The lowest BCUT2D eigenvalue weighted by Crippen LogP contribution is -2.08. The average Bonchev–Trinajstić information content (AvgIpc) is 2.43. The van der Waals surface area contributed by atoms with Crippen LogP contribution in [0.3, 0.4) is 0 Å². The molecule has 3 N–H and O–H groups in total. The monoisotopic (exact) mass is 294 g/mol. The molecular weight excluding hydrogens is 278 g/mol. The van der Waals surface area contributed by atoms with Crippen molar-refractivity contribution in [3.63, 3.8) is 0 Å². The van der Waals surface area contributed by atoms with Gasteiger partial charge in [-0.3, -0.25) is 0 Å². The topological polar surface area (TPSA) is 73.1 Å². The molecule has 0 atom stereocenters. The largest absolute Gasteiger partial charge is 0.384 e. The third kappa shape index (κ3) is 4.35. The number of nitrogen functional groups attached to an aromatic ring is 1. The molecule has 0 saturated carbocycles. The van der Waals surface area contributed by atoms with Crippen LogP contribution in [0.2, 0.25) is 0 Å². The van der Waals surface area contributed by atoms with Crippen molar-refractivity contribution in [3.05, 3.63) is 47.3 Å². The zero-order valence-corrected chi connectivity index (χ0v) is 11.6. The fourth-order valence-electron chi connectivity index (χ4n) is 1.72. The molecule has 0 bridgehead atoms. The van der Waals surface area contributed by atoms with Crippen molar-refractivity contribution in [2.24, 2.45) is 0 Å². The molecule has 1 aromatic heterocycles. The third-order valence-electron chi connectivity index (χ3n) is 2.70. The summed E-state index contributed by atoms with van der Waals surface area (Å²) in [6.45, 7) is 2.82. The fraction of sp³-hybridized carbons (Fsp3) is 0.286. The number of hydrogen-bond donors (Lipinski definition) is 2. The molecule has 7 heteroatoms. The predicted molar refractivity (Wildman–Crippen MR) is 75.5 cm³/mol. The molecule has 1 aromatic carbocycles. The second-order valence-corrected chi connectivity index (χ2v) is 4.32. The lowest BCUT2D eigenvalue weighted by Gasteiger charge is -2.09. The van der Waals surface area contributed by atoms with Crippen molar-refractivity contribution in [2.75, 3.05) is 17.7 Å². The van der Waals surface area contributed by atoms with Crippen LogP contribution < -0.4 is 11.1 Å². The number of anilines is 2. The van der Waals surface area contributed by atoms with Gasteiger partial charge in [-0.15, -0.1) is 0 Å². The van der Waals surface area contributed by atoms with Crippen molar-refractivity contribution in [1.82, 2.24) is 9.97 Å². The Morgan fingerprint density at radius 1 is 1.24 bits per heavy atom. The molecular formula is C14H16F2N4O. The van der Waals surface area contributed by atoms with Crippen molar-refractivity contribution < 1.29 is 13.5 Å². The SMILES string of the molecule is CCOCc1nc(N)cc(NCc2ccc(F)cc2F)n1. The van der Waals surface area contributed by atoms with E-state index in [1.807, 2.05) is 6.92 Å². The number of hydrogen-bond acceptors (Lipinski definition) is 5. The first-order valence-electron chi connectivity index (χ1n) is 6.47. The first kappa shape index (κ1) is 15.1. The number of halogens is 2. The highest BCUT2D eigenvalue weighted by Crippen LogP contribution is 2.14. The van der Waals surface area contributed by atoms with E-state index in [9.17, 15) is 8.78 Å². The van der Waals surface area contributed by atoms with Crippen molar-refractivity contribution in [3.8, 4) is 0 Å². The van der Waals surface area contributed by atoms with Gasteiger partial charge in [0.2, 0.25) is 0 Å². The molecule has 0 aliphatic carbocycles. The van der Waals surface area contributed by atoms with Gasteiger partial charge in [0.1, 0.15) is 29.9 Å². The lowest BCUT2D eigenvalue weighted by atomic mass is 10.2. The summed E-state index contributed by atoms with van der Waals surface area (Å²) in [5.41, 5.74) is 6.01. The number of ether oxygens (including phenoxy) is 1. The minimum atomic E-state index is -0.612. The van der Waals surface area contributed by atoms with Gasteiger partial charge in [-0.2, -0.15) is 0 Å². The van der Waals surface area contributed by atoms with Crippen LogP contribution in [0.25, 0.3) is 0 Å². The van der Waals surface area contributed by atoms with Crippen LogP contribution in [-0.4, -0.2) is 16.6 Å². The number of nitrogens with two attached hydrogens (primary N) is 1. The summed E-state index contributed by atoms with van der Waals surface area (Å²) < 4.78 is 31.6. The summed E-state index contributed by atoms with van der Waals surface area (Å²) in [7, 11) is 0. The normalized spacial score (nSPS) is 10.6. The number of aromatic nitrogens is 2. The van der Waals surface area contributed by atoms with E-state index in [1.54, 1.807) is 0 Å². The molecule has 0 amide bonds. The maximum absolute atomic E-state index is 13.5. The quantitative estimate of drug-likeness (QED) is 0.856. The van der Waals surface area contributed by atoms with Gasteiger partial charge in [-0.1, -0.05) is 6.07 Å². The molecule has 21 heavy (non-hydrogen) atoms. The summed E-state index contributed by atoms with van der Waals surface area (Å²) in [5, 5.41) is 2.93. The highest BCUT2D eigenvalue weighted by molar-refractivity contribution is 5.45. The van der Waals surface area contributed by atoms with Crippen molar-refractivity contribution in [1.29, 1.82) is 0 Å². The summed E-state index contributed by atoms with van der Waals surface area (Å²) >= 11 is 0. The average molecular weight is 294 g/mol. The summed E-state index contributed by atoms with van der Waals surface area (Å²) in [6.07, 6.45) is 0. The Labute approximate surface area is 121 Å². The molecule has 5 nitrogen and oxygen atoms in total. The molecule has 0 saturated heterocycles. The number of rotatable bonds is 6. The van der Waals surface area contributed by atoms with Gasteiger partial charge < -0.3 is 15.8 Å². The molecule has 2 rings (SSSR count). The van der Waals surface area contributed by atoms with Crippen LogP contribution in [0.15, 0.2) is 24.3 Å². The molecule has 0 aliphatic rings. The second kappa shape index (κ2) is 6.94. The van der Waals surface area contributed by atoms with Crippen LogP contribution in [-0.2, 0) is 17.9 Å². The lowest BCUT2D eigenvalue weighted by molar-refractivity contribution is 0.128. The Balaban J connectivity index is 2.07. The molecule has 0 radical (unpaired) electrons. The Bertz CT molecular complexity index is 622. The van der Waals surface area contributed by atoms with Crippen molar-refractivity contribution >= 4 is 11.6 Å². The van der Waals surface area contributed by atoms with E-state index in [4.69, 9.17) is 10.5 Å². The standard InChI is InChI=1S/C14H16F2N4O/c1-2-21-8-14-19-12(17)6-13(20-14)18-7-9-3-4-10(15)5-11(9)16/h3-6H,2,7-8H2,1H3,(H3,17,18,19,20). The van der Waals surface area contributed by atoms with E-state index in [0.29, 0.717) is 29.6 Å². The molecule has 0 aliphatic heterocycles. The Kier molecular flexibility index (Phi) is 4.99. The van der Waals surface area contributed by atoms with Crippen LogP contribution >= 0.6 is 0 Å². The molecule has 1 heterocycles. The minimum Gasteiger partial charge on any atom is -0.384 e. The smallest absolute Gasteiger partial charge is 0.158 e. The van der Waals surface area contributed by atoms with Crippen LogP contribution in [0, 0.1) is 11.6 Å². The first-order valence-corrected chi connectivity index (χ1v) is 6.47. The third-order valence-corrected chi connectivity index (χ3v) is 2.70. The summed E-state index contributed by atoms with van der Waals surface area (Å²) in [4.78, 5) is 8.24. The van der Waals surface area contributed by atoms with Crippen LogP contribution in [0.4, 0.5) is 20.4 Å². The van der Waals surface area contributed by atoms with Crippen molar-refractivity contribution in [2.45, 2.75) is 20.1 Å². The number of nitrogens with one attached hydrogen (secondary N) is 1. The van der Waals surface area contributed by atoms with Gasteiger partial charge >= 0.3 is 0 Å². The Morgan fingerprint density at radius 2 is 2.05 bits per heavy atom. The van der Waals surface area contributed by atoms with Gasteiger partial charge in [0, 0.05) is 30.8 Å². The molecule has 2 aromatic rings. The van der Waals surface area contributed by atoms with E-state index < -0.39 is 11.6 Å². The van der Waals surface area contributed by atoms with Gasteiger partial charge in [0.25, 0.3) is 0 Å². The van der Waals surface area contributed by atoms with E-state index in [0.717, 1.165) is 6.07 Å². The van der Waals surface area contributed by atoms with Gasteiger partial charge in [-0.05, 0) is 13.0 Å². The van der Waals surface area contributed by atoms with Gasteiger partial charge in [0.05, 0.1) is 0 Å². The Hall–Kier alpha value is -2.28. The van der Waals surface area contributed by atoms with E-state index in [1.165, 1.54) is 18.2 Å². The van der Waals surface area contributed by atoms with Gasteiger partial charge in [0.15, 0.2) is 5.82 Å². The highest BCUT2D eigenvalue weighted by atomic mass is 19.1. The highest BCUT2D eigenvalue weighted by Gasteiger charge is 2.06. The van der Waals surface area contributed by atoms with E-state index in [2.05, 4.69) is 15.3 Å². The molecule has 112 valence electrons. The van der Waals surface area contributed by atoms with Crippen LogP contribution in [0.1, 0.15) is 18.3 Å². The zero-order valence-electron chi connectivity index (χ0n) is 11.6. The Morgan fingerprint density at radius 3 is 2.76 bits per heavy atom. The minimum absolute atomic E-state index is 0.163. The van der Waals surface area contributed by atoms with Crippen LogP contribution in [0.5, 0.6) is 0 Å². The molecule has 0 fully saturated rings. The summed E-state index contributed by atoms with van der Waals surface area (Å²) in [5.74, 6) is -0.0257. The summed E-state index contributed by atoms with van der Waals surface area (Å²) in [6, 6.07) is 4.96. The maximum Gasteiger partial charge on any atom is 0.158 e. The molecule has 0 spiro atoms. The second-order valence-electron chi connectivity index (χ2n) is 4.32. The zero-order chi connectivity index (χ0) is 15.2. The van der Waals surface area contributed by atoms with E-state index in [-0.39, 0.29) is 13.2 Å². The molecule has 0 unspecified atom stereocenters. The first-order chi connectivity index (χ1) is 10.1. The van der Waals surface area contributed by atoms with E-state index >= 15 is 0 Å². The number of nitrogens with zero attached hydrogens (tertiary/aromatic N) is 2. The van der Waals surface area contributed by atoms with Gasteiger partial charge in [-0.25, -0.2) is 18.7 Å². The number of benzene rings is 1. The fourth-order valence-corrected chi connectivity index (χ4v) is 1.72.